The number of rotatable bonds is 8. The second kappa shape index (κ2) is 8.89. The number of benzene rings is 2. The molecule has 0 aromatic heterocycles. The molecule has 3 N–H and O–H groups in total. The van der Waals surface area contributed by atoms with Crippen molar-refractivity contribution in [3.8, 4) is 11.1 Å². The van der Waals surface area contributed by atoms with Gasteiger partial charge < -0.3 is 20.5 Å². The van der Waals surface area contributed by atoms with Crippen molar-refractivity contribution in [2.24, 2.45) is 17.8 Å². The van der Waals surface area contributed by atoms with Crippen LogP contribution < -0.4 is 10.6 Å². The van der Waals surface area contributed by atoms with E-state index in [1.54, 1.807) is 0 Å². The van der Waals surface area contributed by atoms with Gasteiger partial charge in [0.25, 0.3) is 0 Å². The highest BCUT2D eigenvalue weighted by Gasteiger charge is 2.44. The minimum atomic E-state index is -0.818. The van der Waals surface area contributed by atoms with E-state index in [4.69, 9.17) is 9.84 Å². The SMILES string of the molecule is O=C(NC(C(=O)NCC1CC1C(=O)O)C1CCC1)OCC1c2ccccc2-c2ccccc21. The summed E-state index contributed by atoms with van der Waals surface area (Å²) >= 11 is 0. The lowest BCUT2D eigenvalue weighted by Gasteiger charge is -2.33. The summed E-state index contributed by atoms with van der Waals surface area (Å²) in [7, 11) is 0. The zero-order valence-corrected chi connectivity index (χ0v) is 18.3. The third kappa shape index (κ3) is 4.32. The van der Waals surface area contributed by atoms with Crippen LogP contribution in [0.4, 0.5) is 4.79 Å². The van der Waals surface area contributed by atoms with E-state index in [1.165, 1.54) is 0 Å². The van der Waals surface area contributed by atoms with Gasteiger partial charge in [-0.15, -0.1) is 0 Å². The monoisotopic (exact) mass is 448 g/mol. The van der Waals surface area contributed by atoms with Crippen molar-refractivity contribution in [1.82, 2.24) is 10.6 Å². The van der Waals surface area contributed by atoms with Crippen LogP contribution in [-0.2, 0) is 14.3 Å². The van der Waals surface area contributed by atoms with Crippen LogP contribution in [-0.4, -0.2) is 42.3 Å². The summed E-state index contributed by atoms with van der Waals surface area (Å²) in [5.74, 6) is -1.43. The Morgan fingerprint density at radius 3 is 2.18 bits per heavy atom. The van der Waals surface area contributed by atoms with E-state index in [2.05, 4.69) is 34.9 Å². The topological polar surface area (TPSA) is 105 Å². The largest absolute Gasteiger partial charge is 0.481 e. The highest BCUT2D eigenvalue weighted by molar-refractivity contribution is 5.86. The van der Waals surface area contributed by atoms with Crippen LogP contribution in [0.1, 0.15) is 42.7 Å². The Labute approximate surface area is 192 Å². The van der Waals surface area contributed by atoms with Gasteiger partial charge in [-0.3, -0.25) is 9.59 Å². The van der Waals surface area contributed by atoms with Gasteiger partial charge in [-0.25, -0.2) is 4.79 Å². The molecule has 33 heavy (non-hydrogen) atoms. The number of amides is 2. The molecule has 7 heteroatoms. The molecule has 2 aromatic rings. The Morgan fingerprint density at radius 1 is 1.00 bits per heavy atom. The van der Waals surface area contributed by atoms with Gasteiger partial charge in [0.2, 0.25) is 5.91 Å². The van der Waals surface area contributed by atoms with E-state index >= 15 is 0 Å². The number of aliphatic carboxylic acids is 1. The molecule has 3 atom stereocenters. The summed E-state index contributed by atoms with van der Waals surface area (Å²) in [4.78, 5) is 36.5. The van der Waals surface area contributed by atoms with E-state index in [1.807, 2.05) is 24.3 Å². The summed E-state index contributed by atoms with van der Waals surface area (Å²) in [5, 5.41) is 14.7. The maximum absolute atomic E-state index is 12.8. The number of nitrogens with one attached hydrogen (secondary N) is 2. The average Bonchev–Trinajstić information content (AvgIpc) is 3.50. The number of carboxylic acid groups (broad SMARTS) is 1. The molecule has 3 aliphatic carbocycles. The van der Waals surface area contributed by atoms with Crippen LogP contribution in [0.15, 0.2) is 48.5 Å². The molecular formula is C26H28N2O5. The number of alkyl carbamates (subject to hydrolysis) is 1. The van der Waals surface area contributed by atoms with Crippen molar-refractivity contribution >= 4 is 18.0 Å². The molecule has 2 saturated carbocycles. The quantitative estimate of drug-likeness (QED) is 0.573. The van der Waals surface area contributed by atoms with Gasteiger partial charge in [-0.1, -0.05) is 55.0 Å². The van der Waals surface area contributed by atoms with Gasteiger partial charge >= 0.3 is 12.1 Å². The summed E-state index contributed by atoms with van der Waals surface area (Å²) in [6, 6.07) is 15.6. The van der Waals surface area contributed by atoms with E-state index < -0.39 is 18.1 Å². The van der Waals surface area contributed by atoms with Gasteiger partial charge in [-0.05, 0) is 53.4 Å². The van der Waals surface area contributed by atoms with Gasteiger partial charge in [-0.2, -0.15) is 0 Å². The highest BCUT2D eigenvalue weighted by Crippen LogP contribution is 2.44. The van der Waals surface area contributed by atoms with Gasteiger partial charge in [0.05, 0.1) is 5.92 Å². The van der Waals surface area contributed by atoms with Gasteiger partial charge in [0.15, 0.2) is 0 Å². The fourth-order valence-electron chi connectivity index (χ4n) is 5.05. The van der Waals surface area contributed by atoms with E-state index in [-0.39, 0.29) is 36.2 Å². The maximum Gasteiger partial charge on any atom is 0.407 e. The van der Waals surface area contributed by atoms with Crippen molar-refractivity contribution in [3.05, 3.63) is 59.7 Å². The first-order valence-electron chi connectivity index (χ1n) is 11.6. The van der Waals surface area contributed by atoms with Crippen LogP contribution in [0, 0.1) is 17.8 Å². The standard InChI is InChI=1S/C26H28N2O5/c29-24(27-13-16-12-21(16)25(30)31)23(15-6-5-7-15)28-26(32)33-14-22-19-10-3-1-8-17(19)18-9-2-4-11-20(18)22/h1-4,8-11,15-16,21-23H,5-7,12-14H2,(H,27,29)(H,28,32)(H,30,31). The molecule has 0 radical (unpaired) electrons. The number of ether oxygens (including phenoxy) is 1. The predicted octanol–water partition coefficient (Wildman–Crippen LogP) is 3.53. The van der Waals surface area contributed by atoms with Gasteiger partial charge in [0, 0.05) is 12.5 Å². The Kier molecular flexibility index (Phi) is 5.79. The molecule has 0 aliphatic heterocycles. The van der Waals surface area contributed by atoms with E-state index in [0.29, 0.717) is 13.0 Å². The molecule has 0 saturated heterocycles. The Balaban J connectivity index is 1.19. The van der Waals surface area contributed by atoms with E-state index in [9.17, 15) is 14.4 Å². The number of carboxylic acids is 1. The number of hydrogen-bond acceptors (Lipinski definition) is 4. The number of hydrogen-bond donors (Lipinski definition) is 3. The first kappa shape index (κ1) is 21.5. The van der Waals surface area contributed by atoms with Crippen molar-refractivity contribution in [3.63, 3.8) is 0 Å². The first-order valence-corrected chi connectivity index (χ1v) is 11.6. The normalized spacial score (nSPS) is 21.8. The van der Waals surface area contributed by atoms with Crippen molar-refractivity contribution < 1.29 is 24.2 Å². The Hall–Kier alpha value is -3.35. The minimum Gasteiger partial charge on any atom is -0.481 e. The Bertz CT molecular complexity index is 1030. The predicted molar refractivity (Wildman–Crippen MR) is 122 cm³/mol. The van der Waals surface area contributed by atoms with Crippen LogP contribution in [0.3, 0.4) is 0 Å². The summed E-state index contributed by atoms with van der Waals surface area (Å²) < 4.78 is 5.62. The number of carbonyl (C=O) groups excluding carboxylic acids is 2. The molecule has 7 nitrogen and oxygen atoms in total. The first-order chi connectivity index (χ1) is 16.0. The zero-order valence-electron chi connectivity index (χ0n) is 18.3. The van der Waals surface area contributed by atoms with Crippen molar-refractivity contribution in [1.29, 1.82) is 0 Å². The molecule has 0 bridgehead atoms. The lowest BCUT2D eigenvalue weighted by molar-refractivity contribution is -0.139. The van der Waals surface area contributed by atoms with E-state index in [0.717, 1.165) is 41.5 Å². The molecule has 3 unspecified atom stereocenters. The molecule has 5 rings (SSSR count). The minimum absolute atomic E-state index is 0.0251. The molecule has 0 spiro atoms. The lowest BCUT2D eigenvalue weighted by atomic mass is 9.79. The third-order valence-electron chi connectivity index (χ3n) is 7.30. The average molecular weight is 449 g/mol. The molecule has 2 aromatic carbocycles. The van der Waals surface area contributed by atoms with Crippen LogP contribution >= 0.6 is 0 Å². The molecule has 0 heterocycles. The molecular weight excluding hydrogens is 420 g/mol. The fourth-order valence-corrected chi connectivity index (χ4v) is 5.05. The molecule has 2 fully saturated rings. The molecule has 172 valence electrons. The third-order valence-corrected chi connectivity index (χ3v) is 7.30. The van der Waals surface area contributed by atoms with Crippen molar-refractivity contribution in [2.45, 2.75) is 37.6 Å². The Morgan fingerprint density at radius 2 is 1.64 bits per heavy atom. The smallest absolute Gasteiger partial charge is 0.407 e. The van der Waals surface area contributed by atoms with Crippen molar-refractivity contribution in [2.75, 3.05) is 13.2 Å². The second-order valence-electron chi connectivity index (χ2n) is 9.32. The summed E-state index contributed by atoms with van der Waals surface area (Å²) in [5.41, 5.74) is 4.59. The maximum atomic E-state index is 12.8. The van der Waals surface area contributed by atoms with Crippen LogP contribution in [0.25, 0.3) is 11.1 Å². The molecule has 3 aliphatic rings. The number of carbonyl (C=O) groups is 3. The van der Waals surface area contributed by atoms with Crippen LogP contribution in [0.2, 0.25) is 0 Å². The van der Waals surface area contributed by atoms with Gasteiger partial charge in [0.1, 0.15) is 12.6 Å². The zero-order chi connectivity index (χ0) is 22.9. The fraction of sp³-hybridized carbons (Fsp3) is 0.423. The lowest BCUT2D eigenvalue weighted by Crippen LogP contribution is -2.53. The molecule has 2 amide bonds. The summed E-state index contributed by atoms with van der Waals surface area (Å²) in [6.45, 7) is 0.520. The highest BCUT2D eigenvalue weighted by atomic mass is 16.5. The summed E-state index contributed by atoms with van der Waals surface area (Å²) in [6.07, 6.45) is 2.78. The van der Waals surface area contributed by atoms with Crippen LogP contribution in [0.5, 0.6) is 0 Å². The number of fused-ring (bicyclic) bond motifs is 3. The second-order valence-corrected chi connectivity index (χ2v) is 9.32.